The van der Waals surface area contributed by atoms with Crippen LogP contribution < -0.4 is 10.6 Å². The average Bonchev–Trinajstić information content (AvgIpc) is 2.63. The molecule has 0 spiro atoms. The molecule has 136 valence electrons. The summed E-state index contributed by atoms with van der Waals surface area (Å²) in [4.78, 5) is 33.9. The number of hydrogen-bond donors (Lipinski definition) is 2. The fraction of sp³-hybridized carbons (Fsp3) is 0.176. The van der Waals surface area contributed by atoms with E-state index in [0.29, 0.717) is 10.6 Å². The second-order valence-corrected chi connectivity index (χ2v) is 5.62. The maximum Gasteiger partial charge on any atom is 0.313 e. The number of ether oxygens (including phenoxy) is 1. The van der Waals surface area contributed by atoms with Crippen molar-refractivity contribution in [3.8, 4) is 0 Å². The van der Waals surface area contributed by atoms with Crippen molar-refractivity contribution in [1.82, 2.24) is 5.32 Å². The van der Waals surface area contributed by atoms with E-state index in [1.165, 1.54) is 31.4 Å². The van der Waals surface area contributed by atoms with Gasteiger partial charge in [-0.05, 0) is 18.2 Å². The molecular weight excluding hydrogens is 362 g/mol. The van der Waals surface area contributed by atoms with Crippen LogP contribution in [-0.4, -0.2) is 30.4 Å². The maximum atomic E-state index is 11.9. The lowest BCUT2D eigenvalue weighted by atomic mass is 10.1. The quantitative estimate of drug-likeness (QED) is 0.457. The van der Waals surface area contributed by atoms with E-state index in [1.807, 2.05) is 0 Å². The van der Waals surface area contributed by atoms with Crippen LogP contribution in [0.1, 0.15) is 11.7 Å². The first-order valence-corrected chi connectivity index (χ1v) is 7.91. The van der Waals surface area contributed by atoms with Crippen LogP contribution in [0.15, 0.2) is 48.5 Å². The highest BCUT2D eigenvalue weighted by molar-refractivity contribution is 6.39. The summed E-state index contributed by atoms with van der Waals surface area (Å²) in [6.45, 7) is 0.0484. The Morgan fingerprint density at radius 3 is 2.38 bits per heavy atom. The van der Waals surface area contributed by atoms with E-state index in [4.69, 9.17) is 16.3 Å². The molecule has 0 heterocycles. The molecule has 1 atom stereocenters. The number of non-ortho nitro benzene ring substituents is 1. The Balaban J connectivity index is 1.93. The van der Waals surface area contributed by atoms with Crippen LogP contribution in [0.25, 0.3) is 0 Å². The van der Waals surface area contributed by atoms with Crippen LogP contribution in [0.3, 0.4) is 0 Å². The molecule has 26 heavy (non-hydrogen) atoms. The Kier molecular flexibility index (Phi) is 6.65. The van der Waals surface area contributed by atoms with Gasteiger partial charge in [-0.15, -0.1) is 0 Å². The molecule has 0 aliphatic heterocycles. The third kappa shape index (κ3) is 5.01. The summed E-state index contributed by atoms with van der Waals surface area (Å²) in [6.07, 6.45) is -0.514. The fourth-order valence-electron chi connectivity index (χ4n) is 2.18. The molecule has 1 unspecified atom stereocenters. The van der Waals surface area contributed by atoms with Crippen molar-refractivity contribution in [3.05, 3.63) is 69.2 Å². The minimum Gasteiger partial charge on any atom is -0.375 e. The molecule has 0 aliphatic carbocycles. The number of amides is 2. The van der Waals surface area contributed by atoms with Gasteiger partial charge in [-0.3, -0.25) is 19.7 Å². The van der Waals surface area contributed by atoms with Crippen molar-refractivity contribution in [3.63, 3.8) is 0 Å². The minimum atomic E-state index is -0.895. The normalized spacial score (nSPS) is 11.5. The van der Waals surface area contributed by atoms with Crippen molar-refractivity contribution in [2.75, 3.05) is 19.0 Å². The lowest BCUT2D eigenvalue weighted by Gasteiger charge is -2.17. The van der Waals surface area contributed by atoms with Gasteiger partial charge in [0.15, 0.2) is 0 Å². The van der Waals surface area contributed by atoms with Gasteiger partial charge in [-0.2, -0.15) is 0 Å². The van der Waals surface area contributed by atoms with Crippen LogP contribution in [0, 0.1) is 10.1 Å². The van der Waals surface area contributed by atoms with Crippen LogP contribution in [0.4, 0.5) is 11.4 Å². The number of nitro benzene ring substituents is 1. The molecule has 0 aromatic heterocycles. The molecule has 0 radical (unpaired) electrons. The first kappa shape index (κ1) is 19.4. The summed E-state index contributed by atoms with van der Waals surface area (Å²) in [7, 11) is 1.47. The Morgan fingerprint density at radius 1 is 1.15 bits per heavy atom. The fourth-order valence-corrected chi connectivity index (χ4v) is 2.43. The van der Waals surface area contributed by atoms with Crippen molar-refractivity contribution in [1.29, 1.82) is 0 Å². The Labute approximate surface area is 154 Å². The number of rotatable bonds is 6. The van der Waals surface area contributed by atoms with Crippen LogP contribution in [0.5, 0.6) is 0 Å². The topological polar surface area (TPSA) is 111 Å². The Morgan fingerprint density at radius 2 is 1.81 bits per heavy atom. The third-order valence-corrected chi connectivity index (χ3v) is 3.87. The van der Waals surface area contributed by atoms with Gasteiger partial charge in [-0.25, -0.2) is 0 Å². The van der Waals surface area contributed by atoms with Crippen molar-refractivity contribution >= 4 is 34.8 Å². The zero-order valence-corrected chi connectivity index (χ0v) is 14.5. The van der Waals surface area contributed by atoms with Crippen molar-refractivity contribution < 1.29 is 19.2 Å². The summed E-state index contributed by atoms with van der Waals surface area (Å²) in [6, 6.07) is 12.2. The number of halogens is 1. The summed E-state index contributed by atoms with van der Waals surface area (Å²) >= 11 is 6.10. The SMILES string of the molecule is COC(CNC(=O)C(=O)Nc1ccc([N+](=O)[O-])cc1)c1ccccc1Cl. The number of carbonyl (C=O) groups is 2. The zero-order chi connectivity index (χ0) is 19.1. The van der Waals surface area contributed by atoms with E-state index in [0.717, 1.165) is 0 Å². The molecule has 2 amide bonds. The summed E-state index contributed by atoms with van der Waals surface area (Å²) < 4.78 is 5.31. The van der Waals surface area contributed by atoms with E-state index in [9.17, 15) is 19.7 Å². The number of hydrogen-bond acceptors (Lipinski definition) is 5. The van der Waals surface area contributed by atoms with Gasteiger partial charge in [0.05, 0.1) is 4.92 Å². The summed E-state index contributed by atoms with van der Waals surface area (Å²) in [5.74, 6) is -1.76. The molecule has 0 saturated heterocycles. The van der Waals surface area contributed by atoms with Gasteiger partial charge in [0.25, 0.3) is 5.69 Å². The minimum absolute atomic E-state index is 0.0484. The van der Waals surface area contributed by atoms with E-state index in [1.54, 1.807) is 24.3 Å². The highest BCUT2D eigenvalue weighted by atomic mass is 35.5. The Hall–Kier alpha value is -2.97. The number of nitrogens with one attached hydrogen (secondary N) is 2. The van der Waals surface area contributed by atoms with Gasteiger partial charge in [-0.1, -0.05) is 29.8 Å². The number of methoxy groups -OCH3 is 1. The van der Waals surface area contributed by atoms with Gasteiger partial charge < -0.3 is 15.4 Å². The van der Waals surface area contributed by atoms with E-state index in [2.05, 4.69) is 10.6 Å². The second kappa shape index (κ2) is 8.93. The molecule has 2 aromatic rings. The third-order valence-electron chi connectivity index (χ3n) is 3.53. The molecular formula is C17H16ClN3O5. The monoisotopic (exact) mass is 377 g/mol. The van der Waals surface area contributed by atoms with E-state index in [-0.39, 0.29) is 17.9 Å². The predicted octanol–water partition coefficient (Wildman–Crippen LogP) is 2.69. The van der Waals surface area contributed by atoms with Crippen LogP contribution in [-0.2, 0) is 14.3 Å². The first-order chi connectivity index (χ1) is 12.4. The van der Waals surface area contributed by atoms with Gasteiger partial charge >= 0.3 is 11.8 Å². The highest BCUT2D eigenvalue weighted by Gasteiger charge is 2.19. The zero-order valence-electron chi connectivity index (χ0n) is 13.8. The van der Waals surface area contributed by atoms with Crippen molar-refractivity contribution in [2.24, 2.45) is 0 Å². The summed E-state index contributed by atoms with van der Waals surface area (Å²) in [5, 5.41) is 15.9. The number of nitrogens with zero attached hydrogens (tertiary/aromatic N) is 1. The second-order valence-electron chi connectivity index (χ2n) is 5.21. The van der Waals surface area contributed by atoms with Gasteiger partial charge in [0.2, 0.25) is 0 Å². The molecule has 0 bridgehead atoms. The lowest BCUT2D eigenvalue weighted by Crippen LogP contribution is -2.38. The van der Waals surface area contributed by atoms with Crippen LogP contribution >= 0.6 is 11.6 Å². The number of anilines is 1. The molecule has 0 saturated carbocycles. The largest absolute Gasteiger partial charge is 0.375 e. The number of carbonyl (C=O) groups excluding carboxylic acids is 2. The van der Waals surface area contributed by atoms with Gasteiger partial charge in [0.1, 0.15) is 6.10 Å². The predicted molar refractivity (Wildman–Crippen MR) is 95.9 cm³/mol. The molecule has 2 rings (SSSR count). The van der Waals surface area contributed by atoms with Crippen LogP contribution in [0.2, 0.25) is 5.02 Å². The standard InChI is InChI=1S/C17H16ClN3O5/c1-26-15(13-4-2-3-5-14(13)18)10-19-16(22)17(23)20-11-6-8-12(9-7-11)21(24)25/h2-9,15H,10H2,1H3,(H,19,22)(H,20,23). The number of nitro groups is 1. The molecule has 2 aromatic carbocycles. The number of benzene rings is 2. The highest BCUT2D eigenvalue weighted by Crippen LogP contribution is 2.24. The average molecular weight is 378 g/mol. The van der Waals surface area contributed by atoms with Gasteiger partial charge in [0, 0.05) is 42.1 Å². The lowest BCUT2D eigenvalue weighted by molar-refractivity contribution is -0.384. The molecule has 2 N–H and O–H groups in total. The smallest absolute Gasteiger partial charge is 0.313 e. The molecule has 0 fully saturated rings. The van der Waals surface area contributed by atoms with E-state index < -0.39 is 22.8 Å². The molecule has 9 heteroatoms. The summed E-state index contributed by atoms with van der Waals surface area (Å²) in [5.41, 5.74) is 0.841. The first-order valence-electron chi connectivity index (χ1n) is 7.53. The van der Waals surface area contributed by atoms with Crippen molar-refractivity contribution in [2.45, 2.75) is 6.10 Å². The Bertz CT molecular complexity index is 810. The maximum absolute atomic E-state index is 11.9. The van der Waals surface area contributed by atoms with E-state index >= 15 is 0 Å². The molecule has 0 aliphatic rings. The molecule has 8 nitrogen and oxygen atoms in total.